The van der Waals surface area contributed by atoms with Gasteiger partial charge >= 0.3 is 5.97 Å². The molecule has 176 valence electrons. The summed E-state index contributed by atoms with van der Waals surface area (Å²) in [4.78, 5) is 26.7. The van der Waals surface area contributed by atoms with Gasteiger partial charge in [0.25, 0.3) is 0 Å². The van der Waals surface area contributed by atoms with Crippen molar-refractivity contribution >= 4 is 39.0 Å². The summed E-state index contributed by atoms with van der Waals surface area (Å²) in [7, 11) is 0. The van der Waals surface area contributed by atoms with Gasteiger partial charge in [0.2, 0.25) is 5.43 Å². The van der Waals surface area contributed by atoms with Gasteiger partial charge < -0.3 is 14.4 Å². The molecule has 2 aromatic heterocycles. The summed E-state index contributed by atoms with van der Waals surface area (Å²) in [5.41, 5.74) is 0.459. The minimum absolute atomic E-state index is 0.115. The summed E-state index contributed by atoms with van der Waals surface area (Å²) in [5.74, 6) is -1.11. The van der Waals surface area contributed by atoms with E-state index < -0.39 is 11.4 Å². The highest BCUT2D eigenvalue weighted by molar-refractivity contribution is 7.17. The summed E-state index contributed by atoms with van der Waals surface area (Å²) in [6.45, 7) is 4.84. The third-order valence-electron chi connectivity index (χ3n) is 6.19. The number of aromatic carboxylic acids is 1. The fourth-order valence-corrected chi connectivity index (χ4v) is 5.51. The standard InChI is InChI=1S/C25H29ClN2O4S/c1-2-3-10-32-22-15-27(14-21(24(22)29)25(30)31)13-19-6-4-5-9-28(19)12-17-16-33-23-8-7-18(26)11-20(17)23/h7-8,11,14-16,19H,2-6,9-10,12-13H2,1H3,(H,30,31). The molecule has 3 aromatic rings. The number of nitrogens with zero attached hydrogens (tertiary/aromatic N) is 2. The van der Waals surface area contributed by atoms with E-state index in [0.717, 1.165) is 50.2 Å². The maximum atomic E-state index is 12.5. The lowest BCUT2D eigenvalue weighted by molar-refractivity contribution is 0.0692. The van der Waals surface area contributed by atoms with Crippen molar-refractivity contribution in [2.75, 3.05) is 13.2 Å². The zero-order chi connectivity index (χ0) is 23.4. The van der Waals surface area contributed by atoms with E-state index >= 15 is 0 Å². The summed E-state index contributed by atoms with van der Waals surface area (Å²) in [6.07, 6.45) is 8.14. The molecular formula is C25H29ClN2O4S. The Morgan fingerprint density at radius 3 is 2.94 bits per heavy atom. The third kappa shape index (κ3) is 5.60. The minimum Gasteiger partial charge on any atom is -0.488 e. The Morgan fingerprint density at radius 1 is 1.30 bits per heavy atom. The highest BCUT2D eigenvalue weighted by Gasteiger charge is 2.25. The van der Waals surface area contributed by atoms with Crippen LogP contribution in [-0.2, 0) is 13.1 Å². The van der Waals surface area contributed by atoms with E-state index in [-0.39, 0.29) is 17.4 Å². The van der Waals surface area contributed by atoms with Crippen molar-refractivity contribution in [2.24, 2.45) is 0 Å². The molecule has 0 bridgehead atoms. The summed E-state index contributed by atoms with van der Waals surface area (Å²) in [5, 5.41) is 13.7. The molecule has 1 aromatic carbocycles. The third-order valence-corrected chi connectivity index (χ3v) is 7.44. The molecule has 1 fully saturated rings. The lowest BCUT2D eigenvalue weighted by Crippen LogP contribution is -2.41. The predicted octanol–water partition coefficient (Wildman–Crippen LogP) is 5.65. The van der Waals surface area contributed by atoms with Crippen molar-refractivity contribution in [2.45, 2.75) is 58.2 Å². The van der Waals surface area contributed by atoms with E-state index in [1.54, 1.807) is 17.5 Å². The Labute approximate surface area is 202 Å². The van der Waals surface area contributed by atoms with Crippen LogP contribution in [0.1, 0.15) is 54.9 Å². The van der Waals surface area contributed by atoms with Crippen molar-refractivity contribution in [1.29, 1.82) is 0 Å². The smallest absolute Gasteiger partial charge is 0.341 e. The molecule has 8 heteroatoms. The fraction of sp³-hybridized carbons (Fsp3) is 0.440. The van der Waals surface area contributed by atoms with Gasteiger partial charge in [-0.1, -0.05) is 31.4 Å². The second kappa shape index (κ2) is 10.7. The van der Waals surface area contributed by atoms with Crippen LogP contribution in [0.25, 0.3) is 10.1 Å². The molecule has 0 aliphatic carbocycles. The fourth-order valence-electron chi connectivity index (χ4n) is 4.40. The Hall–Kier alpha value is -2.35. The minimum atomic E-state index is -1.23. The maximum Gasteiger partial charge on any atom is 0.341 e. The zero-order valence-electron chi connectivity index (χ0n) is 18.8. The molecule has 1 unspecified atom stereocenters. The Kier molecular flexibility index (Phi) is 7.73. The van der Waals surface area contributed by atoms with Crippen molar-refractivity contribution in [1.82, 2.24) is 9.47 Å². The van der Waals surface area contributed by atoms with Crippen LogP contribution in [-0.4, -0.2) is 39.7 Å². The van der Waals surface area contributed by atoms with Crippen LogP contribution >= 0.6 is 22.9 Å². The van der Waals surface area contributed by atoms with Gasteiger partial charge in [-0.25, -0.2) is 4.79 Å². The lowest BCUT2D eigenvalue weighted by atomic mass is 10.0. The van der Waals surface area contributed by atoms with Gasteiger partial charge in [0, 0.05) is 35.1 Å². The highest BCUT2D eigenvalue weighted by atomic mass is 35.5. The van der Waals surface area contributed by atoms with Crippen LogP contribution in [0, 0.1) is 0 Å². The molecule has 3 heterocycles. The van der Waals surface area contributed by atoms with Gasteiger partial charge in [0.1, 0.15) is 5.56 Å². The first-order chi connectivity index (χ1) is 16.0. The first kappa shape index (κ1) is 23.8. The molecular weight excluding hydrogens is 460 g/mol. The number of aromatic nitrogens is 1. The number of pyridine rings is 1. The van der Waals surface area contributed by atoms with Crippen LogP contribution in [0.15, 0.2) is 40.8 Å². The number of halogens is 1. The van der Waals surface area contributed by atoms with Crippen molar-refractivity contribution < 1.29 is 14.6 Å². The number of benzene rings is 1. The predicted molar refractivity (Wildman–Crippen MR) is 133 cm³/mol. The number of hydrogen-bond acceptors (Lipinski definition) is 5. The first-order valence-electron chi connectivity index (χ1n) is 11.5. The van der Waals surface area contributed by atoms with E-state index in [1.807, 2.05) is 23.6 Å². The molecule has 0 saturated carbocycles. The molecule has 0 spiro atoms. The Morgan fingerprint density at radius 2 is 2.15 bits per heavy atom. The topological polar surface area (TPSA) is 71.8 Å². The van der Waals surface area contributed by atoms with Gasteiger partial charge in [-0.15, -0.1) is 11.3 Å². The van der Waals surface area contributed by atoms with Crippen LogP contribution in [0.5, 0.6) is 5.75 Å². The van der Waals surface area contributed by atoms with E-state index in [9.17, 15) is 14.7 Å². The van der Waals surface area contributed by atoms with E-state index in [0.29, 0.717) is 13.2 Å². The normalized spacial score (nSPS) is 16.8. The van der Waals surface area contributed by atoms with Crippen LogP contribution in [0.3, 0.4) is 0 Å². The van der Waals surface area contributed by atoms with Crippen LogP contribution in [0.2, 0.25) is 5.02 Å². The number of unbranched alkanes of at least 4 members (excludes halogenated alkanes) is 1. The number of ether oxygens (including phenoxy) is 1. The van der Waals surface area contributed by atoms with E-state index in [4.69, 9.17) is 16.3 Å². The Balaban J connectivity index is 1.57. The second-order valence-electron chi connectivity index (χ2n) is 8.59. The first-order valence-corrected chi connectivity index (χ1v) is 12.7. The number of likely N-dealkylation sites (tertiary alicyclic amines) is 1. The summed E-state index contributed by atoms with van der Waals surface area (Å²) >= 11 is 7.97. The average Bonchev–Trinajstić information content (AvgIpc) is 3.18. The SMILES string of the molecule is CCCCOc1cn(CC2CCCCN2Cc2csc3ccc(Cl)cc23)cc(C(=O)O)c1=O. The number of thiophene rings is 1. The van der Waals surface area contributed by atoms with Gasteiger partial charge in [-0.2, -0.15) is 0 Å². The molecule has 1 N–H and O–H groups in total. The van der Waals surface area contributed by atoms with Gasteiger partial charge in [-0.3, -0.25) is 9.69 Å². The molecule has 1 atom stereocenters. The van der Waals surface area contributed by atoms with Crippen molar-refractivity contribution in [3.63, 3.8) is 0 Å². The Bertz CT molecular complexity index is 1190. The molecule has 0 amide bonds. The zero-order valence-corrected chi connectivity index (χ0v) is 20.3. The van der Waals surface area contributed by atoms with Crippen LogP contribution < -0.4 is 10.2 Å². The number of carboxylic acids is 1. The number of carbonyl (C=O) groups is 1. The number of fused-ring (bicyclic) bond motifs is 1. The highest BCUT2D eigenvalue weighted by Crippen LogP contribution is 2.31. The summed E-state index contributed by atoms with van der Waals surface area (Å²) < 4.78 is 8.69. The maximum absolute atomic E-state index is 12.5. The molecule has 6 nitrogen and oxygen atoms in total. The van der Waals surface area contributed by atoms with Gasteiger partial charge in [0.15, 0.2) is 5.75 Å². The molecule has 1 aliphatic rings. The molecule has 4 rings (SSSR count). The average molecular weight is 489 g/mol. The quantitative estimate of drug-likeness (QED) is 0.394. The number of piperidine rings is 1. The van der Waals surface area contributed by atoms with Gasteiger partial charge in [0.05, 0.1) is 12.8 Å². The van der Waals surface area contributed by atoms with E-state index in [1.165, 1.54) is 21.8 Å². The molecule has 0 radical (unpaired) electrons. The number of rotatable bonds is 9. The van der Waals surface area contributed by atoms with E-state index in [2.05, 4.69) is 16.3 Å². The number of hydrogen-bond donors (Lipinski definition) is 1. The molecule has 33 heavy (non-hydrogen) atoms. The van der Waals surface area contributed by atoms with Gasteiger partial charge in [-0.05, 0) is 60.3 Å². The monoisotopic (exact) mass is 488 g/mol. The molecule has 1 aliphatic heterocycles. The summed E-state index contributed by atoms with van der Waals surface area (Å²) in [6, 6.07) is 6.25. The van der Waals surface area contributed by atoms with Crippen molar-refractivity contribution in [3.05, 3.63) is 62.3 Å². The second-order valence-corrected chi connectivity index (χ2v) is 9.94. The van der Waals surface area contributed by atoms with Crippen molar-refractivity contribution in [3.8, 4) is 5.75 Å². The molecule has 1 saturated heterocycles. The number of carboxylic acid groups (broad SMARTS) is 1. The largest absolute Gasteiger partial charge is 0.488 e. The van der Waals surface area contributed by atoms with Crippen LogP contribution in [0.4, 0.5) is 0 Å². The lowest BCUT2D eigenvalue weighted by Gasteiger charge is -2.36.